The van der Waals surface area contributed by atoms with E-state index in [0.717, 1.165) is 25.1 Å². The summed E-state index contributed by atoms with van der Waals surface area (Å²) >= 11 is 4.99. The molecule has 0 aromatic carbocycles. The van der Waals surface area contributed by atoms with E-state index in [-0.39, 0.29) is 5.91 Å². The minimum atomic E-state index is 0.111. The zero-order chi connectivity index (χ0) is 16.4. The van der Waals surface area contributed by atoms with E-state index in [1.165, 1.54) is 32.7 Å². The molecule has 1 aliphatic carbocycles. The predicted octanol–water partition coefficient (Wildman–Crippen LogP) is 3.60. The summed E-state index contributed by atoms with van der Waals surface area (Å²) in [6.45, 7) is 2.69. The summed E-state index contributed by atoms with van der Waals surface area (Å²) in [5.41, 5.74) is 4.95. The molecule has 1 amide bonds. The molecule has 0 saturated carbocycles. The molecule has 2 aromatic rings. The Labute approximate surface area is 149 Å². The lowest BCUT2D eigenvalue weighted by molar-refractivity contribution is -0.126. The van der Waals surface area contributed by atoms with Crippen LogP contribution in [0, 0.1) is 0 Å². The second-order valence-electron chi connectivity index (χ2n) is 5.35. The van der Waals surface area contributed by atoms with Crippen LogP contribution < -0.4 is 0 Å². The van der Waals surface area contributed by atoms with Crippen molar-refractivity contribution in [1.82, 2.24) is 14.9 Å². The lowest BCUT2D eigenvalue weighted by Gasteiger charge is -2.17. The number of nitrogens with zero attached hydrogens (tertiary/aromatic N) is 3. The molecule has 0 atom stereocenters. The number of hydrogen-bond acceptors (Lipinski definition) is 6. The van der Waals surface area contributed by atoms with E-state index >= 15 is 0 Å². The standard InChI is InChI=1S/C16H19N3OS3/c1-4-19(2)12(20)9-23-16-17-7-10-5-6-11-8-22-15(21-3)13(11)14(10)18-16/h7-8H,4-6,9H2,1-3H3. The molecule has 0 saturated heterocycles. The highest BCUT2D eigenvalue weighted by Gasteiger charge is 2.23. The minimum Gasteiger partial charge on any atom is -0.345 e. The lowest BCUT2D eigenvalue weighted by Crippen LogP contribution is -2.27. The van der Waals surface area contributed by atoms with Gasteiger partial charge in [0.1, 0.15) is 0 Å². The van der Waals surface area contributed by atoms with E-state index in [9.17, 15) is 4.79 Å². The van der Waals surface area contributed by atoms with E-state index in [0.29, 0.717) is 10.9 Å². The molecular formula is C16H19N3OS3. The molecule has 0 radical (unpaired) electrons. The molecule has 0 spiro atoms. The molecule has 2 aromatic heterocycles. The summed E-state index contributed by atoms with van der Waals surface area (Å²) in [5, 5.41) is 2.94. The van der Waals surface area contributed by atoms with Gasteiger partial charge in [-0.3, -0.25) is 4.79 Å². The van der Waals surface area contributed by atoms with Crippen LogP contribution in [0.2, 0.25) is 0 Å². The first kappa shape index (κ1) is 16.8. The van der Waals surface area contributed by atoms with Gasteiger partial charge in [-0.05, 0) is 42.5 Å². The average Bonchev–Trinajstić information content (AvgIpc) is 3.02. The van der Waals surface area contributed by atoms with Crippen LogP contribution in [0.5, 0.6) is 0 Å². The Hall–Kier alpha value is -1.05. The van der Waals surface area contributed by atoms with Crippen LogP contribution in [0.15, 0.2) is 20.9 Å². The van der Waals surface area contributed by atoms with Crippen molar-refractivity contribution in [2.45, 2.75) is 29.1 Å². The monoisotopic (exact) mass is 365 g/mol. The zero-order valence-corrected chi connectivity index (χ0v) is 15.9. The highest BCUT2D eigenvalue weighted by Crippen LogP contribution is 2.42. The first-order valence-corrected chi connectivity index (χ1v) is 10.6. The number of thioether (sulfide) groups is 2. The topological polar surface area (TPSA) is 46.1 Å². The molecule has 3 rings (SSSR count). The number of hydrogen-bond donors (Lipinski definition) is 0. The van der Waals surface area contributed by atoms with E-state index < -0.39 is 0 Å². The third kappa shape index (κ3) is 3.41. The van der Waals surface area contributed by atoms with E-state index in [2.05, 4.69) is 16.6 Å². The summed E-state index contributed by atoms with van der Waals surface area (Å²) in [7, 11) is 1.82. The number of thiophene rings is 1. The molecule has 122 valence electrons. The molecule has 0 N–H and O–H groups in total. The van der Waals surface area contributed by atoms with Gasteiger partial charge in [0.25, 0.3) is 0 Å². The van der Waals surface area contributed by atoms with Crippen LogP contribution in [0.1, 0.15) is 18.1 Å². The number of carbonyl (C=O) groups is 1. The fraction of sp³-hybridized carbons (Fsp3) is 0.438. The molecule has 0 bridgehead atoms. The van der Waals surface area contributed by atoms with E-state index in [4.69, 9.17) is 4.98 Å². The van der Waals surface area contributed by atoms with Crippen LogP contribution >= 0.6 is 34.9 Å². The SMILES string of the molecule is CCN(C)C(=O)CSc1ncc2c(n1)-c1c(csc1SC)CC2. The summed E-state index contributed by atoms with van der Waals surface area (Å²) in [6, 6.07) is 0. The summed E-state index contributed by atoms with van der Waals surface area (Å²) in [4.78, 5) is 22.9. The second-order valence-corrected chi connectivity index (χ2v) is 8.25. The van der Waals surface area contributed by atoms with Gasteiger partial charge in [0.05, 0.1) is 15.7 Å². The van der Waals surface area contributed by atoms with Crippen LogP contribution in [-0.2, 0) is 17.6 Å². The van der Waals surface area contributed by atoms with E-state index in [1.54, 1.807) is 28.0 Å². The van der Waals surface area contributed by atoms with Crippen molar-refractivity contribution >= 4 is 40.8 Å². The fourth-order valence-electron chi connectivity index (χ4n) is 2.50. The number of aryl methyl sites for hydroxylation is 2. The Bertz CT molecular complexity index is 716. The highest BCUT2D eigenvalue weighted by atomic mass is 32.2. The number of carbonyl (C=O) groups excluding carboxylic acids is 1. The molecule has 0 unspecified atom stereocenters. The number of rotatable bonds is 5. The van der Waals surface area contributed by atoms with Crippen molar-refractivity contribution in [2.75, 3.05) is 25.6 Å². The Morgan fingerprint density at radius 2 is 2.17 bits per heavy atom. The summed E-state index contributed by atoms with van der Waals surface area (Å²) in [6.07, 6.45) is 6.10. The Morgan fingerprint density at radius 1 is 1.39 bits per heavy atom. The minimum absolute atomic E-state index is 0.111. The smallest absolute Gasteiger partial charge is 0.232 e. The van der Waals surface area contributed by atoms with Crippen molar-refractivity contribution in [3.05, 3.63) is 22.7 Å². The van der Waals surface area contributed by atoms with Crippen molar-refractivity contribution in [1.29, 1.82) is 0 Å². The Kier molecular flexibility index (Phi) is 5.28. The van der Waals surface area contributed by atoms with Gasteiger partial charge >= 0.3 is 0 Å². The van der Waals surface area contributed by atoms with Gasteiger partial charge in [0.2, 0.25) is 5.91 Å². The molecule has 0 fully saturated rings. The fourth-order valence-corrected chi connectivity index (χ4v) is 5.05. The number of amides is 1. The maximum Gasteiger partial charge on any atom is 0.232 e. The maximum atomic E-state index is 11.9. The molecule has 1 aliphatic rings. The quantitative estimate of drug-likeness (QED) is 0.598. The van der Waals surface area contributed by atoms with Crippen LogP contribution in [-0.4, -0.2) is 46.4 Å². The average molecular weight is 366 g/mol. The van der Waals surface area contributed by atoms with Crippen LogP contribution in [0.25, 0.3) is 11.3 Å². The maximum absolute atomic E-state index is 11.9. The molecule has 2 heterocycles. The van der Waals surface area contributed by atoms with Crippen LogP contribution in [0.3, 0.4) is 0 Å². The molecule has 0 aliphatic heterocycles. The highest BCUT2D eigenvalue weighted by molar-refractivity contribution is 8.00. The number of aromatic nitrogens is 2. The Balaban J connectivity index is 1.84. The third-order valence-electron chi connectivity index (χ3n) is 3.99. The van der Waals surface area contributed by atoms with Gasteiger partial charge in [-0.25, -0.2) is 9.97 Å². The zero-order valence-electron chi connectivity index (χ0n) is 13.5. The molecule has 23 heavy (non-hydrogen) atoms. The Morgan fingerprint density at radius 3 is 2.91 bits per heavy atom. The van der Waals surface area contributed by atoms with Crippen molar-refractivity contribution in [3.8, 4) is 11.3 Å². The van der Waals surface area contributed by atoms with Gasteiger partial charge in [0.15, 0.2) is 5.16 Å². The molecule has 7 heteroatoms. The van der Waals surface area contributed by atoms with Gasteiger partial charge in [-0.1, -0.05) is 11.8 Å². The lowest BCUT2D eigenvalue weighted by atomic mass is 9.93. The van der Waals surface area contributed by atoms with Crippen LogP contribution in [0.4, 0.5) is 0 Å². The molecule has 4 nitrogen and oxygen atoms in total. The van der Waals surface area contributed by atoms with Gasteiger partial charge in [-0.15, -0.1) is 23.1 Å². The first-order valence-electron chi connectivity index (χ1n) is 7.51. The van der Waals surface area contributed by atoms with Gasteiger partial charge < -0.3 is 4.90 Å². The molecular weight excluding hydrogens is 346 g/mol. The van der Waals surface area contributed by atoms with Crippen molar-refractivity contribution < 1.29 is 4.79 Å². The van der Waals surface area contributed by atoms with Gasteiger partial charge in [-0.2, -0.15) is 0 Å². The largest absolute Gasteiger partial charge is 0.345 e. The first-order chi connectivity index (χ1) is 11.1. The predicted molar refractivity (Wildman–Crippen MR) is 98.6 cm³/mol. The second kappa shape index (κ2) is 7.23. The van der Waals surface area contributed by atoms with Gasteiger partial charge in [0, 0.05) is 25.4 Å². The van der Waals surface area contributed by atoms with E-state index in [1.807, 2.05) is 20.2 Å². The normalized spacial score (nSPS) is 12.7. The van der Waals surface area contributed by atoms with Crippen molar-refractivity contribution in [2.24, 2.45) is 0 Å². The third-order valence-corrected chi connectivity index (χ3v) is 7.02. The van der Waals surface area contributed by atoms with Crippen molar-refractivity contribution in [3.63, 3.8) is 0 Å². The number of fused-ring (bicyclic) bond motifs is 3. The summed E-state index contributed by atoms with van der Waals surface area (Å²) in [5.74, 6) is 0.495. The summed E-state index contributed by atoms with van der Waals surface area (Å²) < 4.78 is 1.32.